The Labute approximate surface area is 146 Å². The lowest BCUT2D eigenvalue weighted by molar-refractivity contribution is 0.102. The van der Waals surface area contributed by atoms with Crippen molar-refractivity contribution in [2.45, 2.75) is 0 Å². The predicted molar refractivity (Wildman–Crippen MR) is 91.2 cm³/mol. The number of anilines is 1. The first kappa shape index (κ1) is 17.3. The van der Waals surface area contributed by atoms with E-state index in [1.165, 1.54) is 19.2 Å². The molecule has 0 bridgehead atoms. The number of rotatable bonds is 4. The number of nitrogens with one attached hydrogen (secondary N) is 2. The summed E-state index contributed by atoms with van der Waals surface area (Å²) in [6.07, 6.45) is 0. The molecule has 3 aromatic rings. The first-order valence-electron chi connectivity index (χ1n) is 7.48. The minimum atomic E-state index is -1.09. The number of nitrogens with zero attached hydrogens (tertiary/aromatic N) is 1. The highest BCUT2D eigenvalue weighted by atomic mass is 19.2. The van der Waals surface area contributed by atoms with E-state index in [-0.39, 0.29) is 17.1 Å². The van der Waals surface area contributed by atoms with Gasteiger partial charge in [0.25, 0.3) is 5.91 Å². The van der Waals surface area contributed by atoms with E-state index in [0.29, 0.717) is 11.3 Å². The van der Waals surface area contributed by atoms with Crippen LogP contribution < -0.4 is 15.7 Å². The number of H-pyrrole nitrogens is 1. The lowest BCUT2D eigenvalue weighted by Crippen LogP contribution is -2.21. The second-order valence-corrected chi connectivity index (χ2v) is 5.30. The van der Waals surface area contributed by atoms with E-state index in [9.17, 15) is 18.4 Å². The van der Waals surface area contributed by atoms with Crippen molar-refractivity contribution < 1.29 is 18.3 Å². The van der Waals surface area contributed by atoms with Crippen molar-refractivity contribution in [3.8, 4) is 17.0 Å². The number of aromatic nitrogens is 2. The number of amides is 1. The lowest BCUT2D eigenvalue weighted by atomic mass is 10.1. The van der Waals surface area contributed by atoms with Gasteiger partial charge < -0.3 is 15.0 Å². The number of methoxy groups -OCH3 is 1. The second kappa shape index (κ2) is 7.14. The summed E-state index contributed by atoms with van der Waals surface area (Å²) in [7, 11) is 1.53. The molecule has 0 radical (unpaired) electrons. The fourth-order valence-corrected chi connectivity index (χ4v) is 2.26. The van der Waals surface area contributed by atoms with Crippen LogP contribution in [0.15, 0.2) is 53.3 Å². The molecule has 0 aliphatic carbocycles. The third-order valence-electron chi connectivity index (χ3n) is 3.55. The highest BCUT2D eigenvalue weighted by Crippen LogP contribution is 2.20. The van der Waals surface area contributed by atoms with Gasteiger partial charge in [0.15, 0.2) is 11.6 Å². The summed E-state index contributed by atoms with van der Waals surface area (Å²) in [6, 6.07) is 11.1. The van der Waals surface area contributed by atoms with E-state index in [0.717, 1.165) is 12.1 Å². The molecule has 6 nitrogen and oxygen atoms in total. The van der Waals surface area contributed by atoms with Crippen molar-refractivity contribution in [3.05, 3.63) is 76.3 Å². The summed E-state index contributed by atoms with van der Waals surface area (Å²) in [5.41, 5.74) is 0.164. The third kappa shape index (κ3) is 3.75. The Balaban J connectivity index is 1.89. The van der Waals surface area contributed by atoms with Gasteiger partial charge in [-0.25, -0.2) is 13.6 Å². The molecule has 0 aliphatic heterocycles. The van der Waals surface area contributed by atoms with Crippen LogP contribution in [0.3, 0.4) is 0 Å². The van der Waals surface area contributed by atoms with Crippen molar-refractivity contribution in [1.29, 1.82) is 0 Å². The molecular formula is C18H13F2N3O3. The summed E-state index contributed by atoms with van der Waals surface area (Å²) in [4.78, 5) is 30.2. The quantitative estimate of drug-likeness (QED) is 0.752. The SMILES string of the molecule is COc1ccc(-c2cc(C(=O)Nc3ccc(F)c(F)c3)[nH]c(=O)n2)cc1. The van der Waals surface area contributed by atoms with E-state index in [1.54, 1.807) is 24.3 Å². The Hall–Kier alpha value is -3.55. The molecule has 8 heteroatoms. The maximum atomic E-state index is 13.2. The van der Waals surface area contributed by atoms with Crippen molar-refractivity contribution >= 4 is 11.6 Å². The predicted octanol–water partition coefficient (Wildman–Crippen LogP) is 2.98. The smallest absolute Gasteiger partial charge is 0.346 e. The van der Waals surface area contributed by atoms with E-state index >= 15 is 0 Å². The molecule has 0 saturated heterocycles. The van der Waals surface area contributed by atoms with E-state index in [4.69, 9.17) is 4.74 Å². The minimum absolute atomic E-state index is 0.0533. The molecule has 26 heavy (non-hydrogen) atoms. The Morgan fingerprint density at radius 1 is 1.08 bits per heavy atom. The molecule has 2 N–H and O–H groups in total. The van der Waals surface area contributed by atoms with Gasteiger partial charge in [0, 0.05) is 17.3 Å². The Morgan fingerprint density at radius 3 is 2.46 bits per heavy atom. The standard InChI is InChI=1S/C18H13F2N3O3/c1-26-12-5-2-10(3-6-12)15-9-16(23-18(25)22-15)17(24)21-11-4-7-13(19)14(20)8-11/h2-9H,1H3,(H,21,24)(H,22,23,25). The van der Waals surface area contributed by atoms with Gasteiger partial charge in [-0.1, -0.05) is 0 Å². The van der Waals surface area contributed by atoms with E-state index in [1.807, 2.05) is 0 Å². The molecule has 0 spiro atoms. The van der Waals surface area contributed by atoms with Crippen LogP contribution in [0.4, 0.5) is 14.5 Å². The summed E-state index contributed by atoms with van der Waals surface area (Å²) in [6.45, 7) is 0. The number of carbonyl (C=O) groups excluding carboxylic acids is 1. The third-order valence-corrected chi connectivity index (χ3v) is 3.55. The van der Waals surface area contributed by atoms with Crippen LogP contribution in [-0.4, -0.2) is 23.0 Å². The normalized spacial score (nSPS) is 10.4. The zero-order valence-electron chi connectivity index (χ0n) is 13.5. The average Bonchev–Trinajstić information content (AvgIpc) is 2.64. The maximum absolute atomic E-state index is 13.2. The number of ether oxygens (including phenoxy) is 1. The second-order valence-electron chi connectivity index (χ2n) is 5.30. The highest BCUT2D eigenvalue weighted by molar-refractivity contribution is 6.03. The zero-order chi connectivity index (χ0) is 18.7. The minimum Gasteiger partial charge on any atom is -0.497 e. The molecule has 0 atom stereocenters. The van der Waals surface area contributed by atoms with Crippen molar-refractivity contribution in [2.24, 2.45) is 0 Å². The van der Waals surface area contributed by atoms with Gasteiger partial charge >= 0.3 is 5.69 Å². The first-order chi connectivity index (χ1) is 12.5. The topological polar surface area (TPSA) is 84.1 Å². The van der Waals surface area contributed by atoms with Crippen LogP contribution in [-0.2, 0) is 0 Å². The summed E-state index contributed by atoms with van der Waals surface area (Å²) in [5.74, 6) is -2.17. The van der Waals surface area contributed by atoms with Crippen LogP contribution in [0.1, 0.15) is 10.5 Å². The van der Waals surface area contributed by atoms with Gasteiger partial charge in [0.2, 0.25) is 0 Å². The number of hydrogen-bond donors (Lipinski definition) is 2. The average molecular weight is 357 g/mol. The van der Waals surface area contributed by atoms with Crippen LogP contribution in [0, 0.1) is 11.6 Å². The summed E-state index contributed by atoms with van der Waals surface area (Å²) >= 11 is 0. The van der Waals surface area contributed by atoms with Crippen LogP contribution >= 0.6 is 0 Å². The van der Waals surface area contributed by atoms with Crippen molar-refractivity contribution in [1.82, 2.24) is 9.97 Å². The van der Waals surface area contributed by atoms with E-state index in [2.05, 4.69) is 15.3 Å². The Bertz CT molecular complexity index is 1020. The number of halogens is 2. The first-order valence-corrected chi connectivity index (χ1v) is 7.48. The van der Waals surface area contributed by atoms with Crippen LogP contribution in [0.2, 0.25) is 0 Å². The molecule has 1 heterocycles. The number of hydrogen-bond acceptors (Lipinski definition) is 4. The van der Waals surface area contributed by atoms with Gasteiger partial charge in [-0.2, -0.15) is 4.98 Å². The fraction of sp³-hybridized carbons (Fsp3) is 0.0556. The summed E-state index contributed by atoms with van der Waals surface area (Å²) in [5, 5.41) is 2.39. The molecule has 1 aromatic heterocycles. The van der Waals surface area contributed by atoms with Crippen molar-refractivity contribution in [2.75, 3.05) is 12.4 Å². The van der Waals surface area contributed by atoms with Gasteiger partial charge in [0.1, 0.15) is 11.4 Å². The van der Waals surface area contributed by atoms with Gasteiger partial charge in [-0.15, -0.1) is 0 Å². The highest BCUT2D eigenvalue weighted by Gasteiger charge is 2.12. The van der Waals surface area contributed by atoms with Gasteiger partial charge in [-0.05, 0) is 42.5 Å². The zero-order valence-corrected chi connectivity index (χ0v) is 13.5. The molecule has 0 unspecified atom stereocenters. The van der Waals surface area contributed by atoms with Crippen LogP contribution in [0.5, 0.6) is 5.75 Å². The number of carbonyl (C=O) groups is 1. The summed E-state index contributed by atoms with van der Waals surface area (Å²) < 4.78 is 31.3. The number of aromatic amines is 1. The molecule has 0 fully saturated rings. The van der Waals surface area contributed by atoms with Crippen LogP contribution in [0.25, 0.3) is 11.3 Å². The molecule has 3 rings (SSSR count). The molecule has 132 valence electrons. The monoisotopic (exact) mass is 357 g/mol. The largest absolute Gasteiger partial charge is 0.497 e. The fourth-order valence-electron chi connectivity index (χ4n) is 2.26. The van der Waals surface area contributed by atoms with E-state index < -0.39 is 23.2 Å². The molecule has 1 amide bonds. The number of benzene rings is 2. The molecular weight excluding hydrogens is 344 g/mol. The van der Waals surface area contributed by atoms with Gasteiger partial charge in [-0.3, -0.25) is 4.79 Å². The molecule has 0 aliphatic rings. The molecule has 2 aromatic carbocycles. The van der Waals surface area contributed by atoms with Gasteiger partial charge in [0.05, 0.1) is 12.8 Å². The molecule has 0 saturated carbocycles. The Kier molecular flexibility index (Phi) is 4.74. The van der Waals surface area contributed by atoms with Crippen molar-refractivity contribution in [3.63, 3.8) is 0 Å². The lowest BCUT2D eigenvalue weighted by Gasteiger charge is -2.07. The Morgan fingerprint density at radius 2 is 1.81 bits per heavy atom. The maximum Gasteiger partial charge on any atom is 0.346 e.